The third-order valence-corrected chi connectivity index (χ3v) is 5.57. The number of rotatable bonds is 13. The Kier molecular flexibility index (Phi) is 11.1. The van der Waals surface area contributed by atoms with Gasteiger partial charge in [0.05, 0.1) is 0 Å². The van der Waals surface area contributed by atoms with Gasteiger partial charge >= 0.3 is 5.97 Å². The molecule has 0 heterocycles. The highest BCUT2D eigenvalue weighted by molar-refractivity contribution is 5.83. The molecule has 28 heavy (non-hydrogen) atoms. The second kappa shape index (κ2) is 12.7. The van der Waals surface area contributed by atoms with Crippen LogP contribution < -0.4 is 0 Å². The fourth-order valence-electron chi connectivity index (χ4n) is 3.90. The van der Waals surface area contributed by atoms with E-state index < -0.39 is 17.7 Å². The van der Waals surface area contributed by atoms with Gasteiger partial charge in [0, 0.05) is 18.8 Å². The largest absolute Gasteiger partial charge is 0.479 e. The zero-order valence-corrected chi connectivity index (χ0v) is 17.3. The maximum atomic E-state index is 12.2. The minimum Gasteiger partial charge on any atom is -0.479 e. The van der Waals surface area contributed by atoms with Gasteiger partial charge in [0.2, 0.25) is 0 Å². The number of aliphatic hydroxyl groups excluding tert-OH is 1. The van der Waals surface area contributed by atoms with E-state index in [2.05, 4.69) is 24.8 Å². The van der Waals surface area contributed by atoms with Crippen LogP contribution in [0.4, 0.5) is 0 Å². The van der Waals surface area contributed by atoms with Crippen molar-refractivity contribution >= 4 is 11.8 Å². The number of carbonyl (C=O) groups is 2. The number of carboxylic acid groups (broad SMARTS) is 1. The summed E-state index contributed by atoms with van der Waals surface area (Å²) in [5.41, 5.74) is -0.982. The minimum atomic E-state index is -1.29. The number of aliphatic hydroxyl groups is 2. The van der Waals surface area contributed by atoms with Crippen molar-refractivity contribution in [3.05, 3.63) is 12.2 Å². The molecule has 0 aliphatic heterocycles. The van der Waals surface area contributed by atoms with Crippen LogP contribution in [-0.4, -0.2) is 38.8 Å². The average molecular weight is 393 g/mol. The van der Waals surface area contributed by atoms with Crippen molar-refractivity contribution in [1.82, 2.24) is 0 Å². The Balaban J connectivity index is 2.48. The molecule has 0 bridgehead atoms. The van der Waals surface area contributed by atoms with Crippen LogP contribution in [0.5, 0.6) is 0 Å². The molecule has 0 aromatic heterocycles. The van der Waals surface area contributed by atoms with Crippen molar-refractivity contribution in [2.24, 2.45) is 11.8 Å². The van der Waals surface area contributed by atoms with Crippen molar-refractivity contribution in [2.45, 2.75) is 96.2 Å². The average Bonchev–Trinajstić information content (AvgIpc) is 2.99. The van der Waals surface area contributed by atoms with E-state index in [1.165, 1.54) is 0 Å². The van der Waals surface area contributed by atoms with E-state index in [9.17, 15) is 19.8 Å². The van der Waals surface area contributed by atoms with E-state index in [4.69, 9.17) is 5.11 Å². The van der Waals surface area contributed by atoms with Crippen molar-refractivity contribution in [3.8, 4) is 11.8 Å². The third kappa shape index (κ3) is 8.58. The van der Waals surface area contributed by atoms with Crippen LogP contribution in [0, 0.1) is 23.7 Å². The van der Waals surface area contributed by atoms with Crippen LogP contribution in [0.25, 0.3) is 0 Å². The smallest absolute Gasteiger partial charge is 0.332 e. The van der Waals surface area contributed by atoms with Gasteiger partial charge in [-0.25, -0.2) is 4.79 Å². The Labute approximate surface area is 169 Å². The van der Waals surface area contributed by atoms with Gasteiger partial charge in [-0.2, -0.15) is 0 Å². The Morgan fingerprint density at radius 1 is 1.32 bits per heavy atom. The summed E-state index contributed by atoms with van der Waals surface area (Å²) in [5, 5.41) is 28.6. The molecule has 0 amide bonds. The molecule has 0 aromatic rings. The lowest BCUT2D eigenvalue weighted by Gasteiger charge is -2.21. The fraction of sp³-hybridized carbons (Fsp3) is 0.739. The molecule has 158 valence electrons. The number of unbranched alkanes of at least 4 members (excludes halogenated alkanes) is 3. The Bertz CT molecular complexity index is 586. The molecular formula is C23H36O5. The number of hydrogen-bond acceptors (Lipinski definition) is 4. The molecule has 4 atom stereocenters. The molecule has 2 unspecified atom stereocenters. The first kappa shape index (κ1) is 24.4. The van der Waals surface area contributed by atoms with Gasteiger partial charge in [0.1, 0.15) is 11.4 Å². The molecule has 1 fully saturated rings. The summed E-state index contributed by atoms with van der Waals surface area (Å²) >= 11 is 0. The number of ketones is 1. The number of hydrogen-bond donors (Lipinski definition) is 3. The standard InChI is InChI=1S/C23H36O5/c1-3-5-16-23(28,15-4-2)17-9-10-18-13-14-20(24)19(18)11-7-6-8-12-21(25)22(26)27/h9-10,18-19,21,25,28H,3,5-8,11-14,16-17H2,1-2H3,(H,26,27)/t18-,19+,21?,23?/m0/s1. The lowest BCUT2D eigenvalue weighted by Crippen LogP contribution is -2.25. The van der Waals surface area contributed by atoms with Crippen LogP contribution in [0.1, 0.15) is 84.5 Å². The molecule has 5 heteroatoms. The van der Waals surface area contributed by atoms with Crippen molar-refractivity contribution in [3.63, 3.8) is 0 Å². The molecule has 0 radical (unpaired) electrons. The van der Waals surface area contributed by atoms with E-state index in [0.29, 0.717) is 31.5 Å². The number of Topliss-reactive ketones (excluding diaryl/α,β-unsaturated/α-hetero) is 1. The number of carboxylic acids is 1. The molecule has 0 aromatic carbocycles. The molecular weight excluding hydrogens is 356 g/mol. The first-order valence-electron chi connectivity index (χ1n) is 10.6. The van der Waals surface area contributed by atoms with E-state index in [1.54, 1.807) is 6.92 Å². The zero-order valence-electron chi connectivity index (χ0n) is 17.3. The first-order valence-corrected chi connectivity index (χ1v) is 10.6. The summed E-state index contributed by atoms with van der Waals surface area (Å²) < 4.78 is 0. The van der Waals surface area contributed by atoms with E-state index in [-0.39, 0.29) is 18.3 Å². The second-order valence-electron chi connectivity index (χ2n) is 7.91. The molecule has 3 N–H and O–H groups in total. The third-order valence-electron chi connectivity index (χ3n) is 5.57. The topological polar surface area (TPSA) is 94.8 Å². The van der Waals surface area contributed by atoms with Crippen molar-refractivity contribution in [2.75, 3.05) is 0 Å². The van der Waals surface area contributed by atoms with Gasteiger partial charge in [-0.15, -0.1) is 5.92 Å². The summed E-state index contributed by atoms with van der Waals surface area (Å²) in [6.45, 7) is 3.83. The summed E-state index contributed by atoms with van der Waals surface area (Å²) in [5.74, 6) is 5.10. The zero-order chi connectivity index (χ0) is 21.0. The number of allylic oxidation sites excluding steroid dienone is 1. The summed E-state index contributed by atoms with van der Waals surface area (Å²) in [7, 11) is 0. The fourth-order valence-corrected chi connectivity index (χ4v) is 3.90. The van der Waals surface area contributed by atoms with Crippen LogP contribution >= 0.6 is 0 Å². The molecule has 1 saturated carbocycles. The summed E-state index contributed by atoms with van der Waals surface area (Å²) in [6.07, 6.45) is 10.7. The SMILES string of the molecule is CC#CC(O)(CC=C[C@H]1CCC(=O)[C@@H]1CCCCCC(O)C(=O)O)CCCC. The quantitative estimate of drug-likeness (QED) is 0.251. The Hall–Kier alpha value is -1.64. The lowest BCUT2D eigenvalue weighted by atomic mass is 9.88. The highest BCUT2D eigenvalue weighted by atomic mass is 16.4. The number of aliphatic carboxylic acids is 1. The van der Waals surface area contributed by atoms with E-state index >= 15 is 0 Å². The highest BCUT2D eigenvalue weighted by Gasteiger charge is 2.32. The van der Waals surface area contributed by atoms with Gasteiger partial charge in [0.15, 0.2) is 6.10 Å². The van der Waals surface area contributed by atoms with Gasteiger partial charge < -0.3 is 15.3 Å². The predicted molar refractivity (Wildman–Crippen MR) is 110 cm³/mol. The Morgan fingerprint density at radius 3 is 2.71 bits per heavy atom. The summed E-state index contributed by atoms with van der Waals surface area (Å²) in [6, 6.07) is 0. The van der Waals surface area contributed by atoms with Crippen LogP contribution in [0.2, 0.25) is 0 Å². The maximum Gasteiger partial charge on any atom is 0.332 e. The normalized spacial score (nSPS) is 22.6. The maximum absolute atomic E-state index is 12.2. The molecule has 1 rings (SSSR count). The van der Waals surface area contributed by atoms with Gasteiger partial charge in [-0.3, -0.25) is 4.79 Å². The number of carbonyl (C=O) groups excluding carboxylic acids is 1. The van der Waals surface area contributed by atoms with Gasteiger partial charge in [0.25, 0.3) is 0 Å². The Morgan fingerprint density at radius 2 is 2.07 bits per heavy atom. The lowest BCUT2D eigenvalue weighted by molar-refractivity contribution is -0.147. The van der Waals surface area contributed by atoms with Crippen molar-refractivity contribution < 1.29 is 24.9 Å². The highest BCUT2D eigenvalue weighted by Crippen LogP contribution is 2.34. The monoisotopic (exact) mass is 392 g/mol. The van der Waals surface area contributed by atoms with E-state index in [0.717, 1.165) is 38.5 Å². The van der Waals surface area contributed by atoms with Crippen molar-refractivity contribution in [1.29, 1.82) is 0 Å². The molecule has 0 spiro atoms. The molecule has 5 nitrogen and oxygen atoms in total. The second-order valence-corrected chi connectivity index (χ2v) is 7.91. The minimum absolute atomic E-state index is 0.0154. The predicted octanol–water partition coefficient (Wildman–Crippen LogP) is 3.87. The van der Waals surface area contributed by atoms with Crippen LogP contribution in [-0.2, 0) is 9.59 Å². The van der Waals surface area contributed by atoms with Gasteiger partial charge in [-0.05, 0) is 44.9 Å². The molecule has 1 aliphatic carbocycles. The molecule has 1 aliphatic rings. The first-order chi connectivity index (χ1) is 13.3. The summed E-state index contributed by atoms with van der Waals surface area (Å²) in [4.78, 5) is 22.8. The van der Waals surface area contributed by atoms with Gasteiger partial charge in [-0.1, -0.05) is 50.7 Å². The van der Waals surface area contributed by atoms with E-state index in [1.807, 2.05) is 6.08 Å². The molecule has 0 saturated heterocycles. The van der Waals surface area contributed by atoms with Crippen LogP contribution in [0.3, 0.4) is 0 Å². The van der Waals surface area contributed by atoms with Crippen LogP contribution in [0.15, 0.2) is 12.2 Å².